The van der Waals surface area contributed by atoms with Crippen molar-refractivity contribution in [1.29, 1.82) is 0 Å². The quantitative estimate of drug-likeness (QED) is 0.484. The van der Waals surface area contributed by atoms with E-state index in [4.69, 9.17) is 9.72 Å². The first kappa shape index (κ1) is 23.4. The lowest BCUT2D eigenvalue weighted by Gasteiger charge is -2.41. The number of aromatic nitrogens is 1. The van der Waals surface area contributed by atoms with Crippen LogP contribution in [-0.4, -0.2) is 65.0 Å². The minimum atomic E-state index is -0.118. The third kappa shape index (κ3) is 4.46. The van der Waals surface area contributed by atoms with Gasteiger partial charge >= 0.3 is 0 Å². The number of amides is 2. The van der Waals surface area contributed by atoms with E-state index in [1.165, 1.54) is 11.3 Å². The van der Waals surface area contributed by atoms with Crippen LogP contribution in [0, 0.1) is 12.8 Å². The van der Waals surface area contributed by atoms with Crippen LogP contribution in [0.15, 0.2) is 60.7 Å². The number of carbonyl (C=O) groups is 2. The van der Waals surface area contributed by atoms with Crippen LogP contribution in [0.2, 0.25) is 0 Å². The van der Waals surface area contributed by atoms with Crippen LogP contribution in [-0.2, 0) is 9.53 Å². The monoisotopic (exact) mass is 501 g/mol. The van der Waals surface area contributed by atoms with Crippen molar-refractivity contribution >= 4 is 23.2 Å². The summed E-state index contributed by atoms with van der Waals surface area (Å²) in [5.74, 6) is 0.107. The lowest BCUT2D eigenvalue weighted by Crippen LogP contribution is -2.50. The summed E-state index contributed by atoms with van der Waals surface area (Å²) < 4.78 is 5.64. The van der Waals surface area contributed by atoms with Crippen molar-refractivity contribution in [3.05, 3.63) is 76.8 Å². The molecule has 7 heteroatoms. The Morgan fingerprint density at radius 1 is 0.972 bits per heavy atom. The minimum absolute atomic E-state index is 0.0183. The predicted octanol–water partition coefficient (Wildman–Crippen LogP) is 4.76. The first-order chi connectivity index (χ1) is 17.5. The number of likely N-dealkylation sites (tertiary alicyclic amines) is 2. The van der Waals surface area contributed by atoms with Gasteiger partial charge in [0.1, 0.15) is 9.88 Å². The molecule has 4 heterocycles. The first-order valence-corrected chi connectivity index (χ1v) is 13.6. The SMILES string of the molecule is Cc1nc(-c2ccccc2)sc1C(=O)N1CC[C@@H](C(=O)N2CCC3(CC2)CO3)[C@H](c2ccccc2)C1. The number of ether oxygens (including phenoxy) is 1. The van der Waals surface area contributed by atoms with Crippen LogP contribution in [0.5, 0.6) is 0 Å². The van der Waals surface area contributed by atoms with Crippen LogP contribution in [0.4, 0.5) is 0 Å². The summed E-state index contributed by atoms with van der Waals surface area (Å²) >= 11 is 1.46. The second kappa shape index (κ2) is 9.45. The lowest BCUT2D eigenvalue weighted by molar-refractivity contribution is -0.139. The predicted molar refractivity (Wildman–Crippen MR) is 140 cm³/mol. The molecule has 6 nitrogen and oxygen atoms in total. The van der Waals surface area contributed by atoms with Crippen LogP contribution >= 0.6 is 11.3 Å². The highest BCUT2D eigenvalue weighted by atomic mass is 32.1. The Balaban J connectivity index is 1.22. The fourth-order valence-corrected chi connectivity index (χ4v) is 6.71. The van der Waals surface area contributed by atoms with Crippen LogP contribution in [0.3, 0.4) is 0 Å². The summed E-state index contributed by atoms with van der Waals surface area (Å²) in [6.45, 7) is 5.40. The number of hydrogen-bond acceptors (Lipinski definition) is 5. The number of rotatable bonds is 4. The van der Waals surface area contributed by atoms with E-state index in [1.54, 1.807) is 0 Å². The molecule has 3 aliphatic rings. The summed E-state index contributed by atoms with van der Waals surface area (Å²) in [6.07, 6.45) is 2.53. The number of benzene rings is 2. The second-order valence-corrected chi connectivity index (χ2v) is 11.3. The average molecular weight is 502 g/mol. The normalized spacial score (nSPS) is 23.0. The highest BCUT2D eigenvalue weighted by molar-refractivity contribution is 7.17. The van der Waals surface area contributed by atoms with Crippen molar-refractivity contribution in [3.8, 4) is 10.6 Å². The first-order valence-electron chi connectivity index (χ1n) is 12.8. The number of aryl methyl sites for hydroxylation is 1. The van der Waals surface area contributed by atoms with E-state index in [0.717, 1.165) is 54.4 Å². The maximum absolute atomic E-state index is 13.7. The molecular formula is C29H31N3O3S. The Hall–Kier alpha value is -3.03. The number of carbonyl (C=O) groups excluding carboxylic acids is 2. The molecule has 2 amide bonds. The molecule has 3 aromatic rings. The molecule has 2 aromatic carbocycles. The molecule has 0 bridgehead atoms. The highest BCUT2D eigenvalue weighted by Crippen LogP contribution is 2.40. The van der Waals surface area contributed by atoms with Gasteiger partial charge in [0.05, 0.1) is 17.9 Å². The van der Waals surface area contributed by atoms with Crippen LogP contribution < -0.4 is 0 Å². The molecule has 0 aliphatic carbocycles. The van der Waals surface area contributed by atoms with Gasteiger partial charge < -0.3 is 14.5 Å². The molecule has 3 aliphatic heterocycles. The van der Waals surface area contributed by atoms with Gasteiger partial charge in [0, 0.05) is 43.6 Å². The summed E-state index contributed by atoms with van der Waals surface area (Å²) in [5.41, 5.74) is 2.97. The summed E-state index contributed by atoms with van der Waals surface area (Å²) in [4.78, 5) is 36.7. The minimum Gasteiger partial charge on any atom is -0.369 e. The van der Waals surface area contributed by atoms with Gasteiger partial charge in [-0.25, -0.2) is 4.98 Å². The van der Waals surface area contributed by atoms with Gasteiger partial charge in [-0.3, -0.25) is 9.59 Å². The molecule has 0 N–H and O–H groups in total. The van der Waals surface area contributed by atoms with Gasteiger partial charge in [0.25, 0.3) is 5.91 Å². The fourth-order valence-electron chi connectivity index (χ4n) is 5.67. The van der Waals surface area contributed by atoms with Gasteiger partial charge in [-0.15, -0.1) is 11.3 Å². The van der Waals surface area contributed by atoms with Gasteiger partial charge in [-0.2, -0.15) is 0 Å². The van der Waals surface area contributed by atoms with E-state index in [2.05, 4.69) is 12.1 Å². The van der Waals surface area contributed by atoms with E-state index in [0.29, 0.717) is 24.4 Å². The third-order valence-corrected chi connectivity index (χ3v) is 9.19. The van der Waals surface area contributed by atoms with Crippen molar-refractivity contribution < 1.29 is 14.3 Å². The van der Waals surface area contributed by atoms with Crippen molar-refractivity contribution in [2.75, 3.05) is 32.8 Å². The van der Waals surface area contributed by atoms with E-state index in [1.807, 2.05) is 65.3 Å². The topological polar surface area (TPSA) is 66.0 Å². The van der Waals surface area contributed by atoms with Gasteiger partial charge in [-0.1, -0.05) is 60.7 Å². The zero-order valence-corrected chi connectivity index (χ0v) is 21.4. The van der Waals surface area contributed by atoms with E-state index in [-0.39, 0.29) is 29.3 Å². The second-order valence-electron chi connectivity index (χ2n) is 10.3. The molecule has 36 heavy (non-hydrogen) atoms. The molecule has 186 valence electrons. The Kier molecular flexibility index (Phi) is 6.13. The molecule has 1 spiro atoms. The third-order valence-electron chi connectivity index (χ3n) is 8.00. The number of nitrogens with zero attached hydrogens (tertiary/aromatic N) is 3. The number of epoxide rings is 1. The van der Waals surface area contributed by atoms with Crippen molar-refractivity contribution in [3.63, 3.8) is 0 Å². The van der Waals surface area contributed by atoms with Crippen LogP contribution in [0.25, 0.3) is 10.6 Å². The zero-order chi connectivity index (χ0) is 24.7. The van der Waals surface area contributed by atoms with Gasteiger partial charge in [0.15, 0.2) is 0 Å². The molecule has 0 saturated carbocycles. The number of hydrogen-bond donors (Lipinski definition) is 0. The zero-order valence-electron chi connectivity index (χ0n) is 20.6. The molecular weight excluding hydrogens is 470 g/mol. The number of piperidine rings is 2. The molecule has 6 rings (SSSR count). The van der Waals surface area contributed by atoms with Crippen LogP contribution in [0.1, 0.15) is 46.1 Å². The largest absolute Gasteiger partial charge is 0.369 e. The van der Waals surface area contributed by atoms with Gasteiger partial charge in [0.2, 0.25) is 5.91 Å². The van der Waals surface area contributed by atoms with Gasteiger partial charge in [-0.05, 0) is 31.7 Å². The van der Waals surface area contributed by atoms with E-state index >= 15 is 0 Å². The maximum Gasteiger partial charge on any atom is 0.265 e. The molecule has 3 fully saturated rings. The highest BCUT2D eigenvalue weighted by Gasteiger charge is 2.48. The fraction of sp³-hybridized carbons (Fsp3) is 0.414. The van der Waals surface area contributed by atoms with Crippen molar-refractivity contribution in [2.24, 2.45) is 5.92 Å². The Bertz CT molecular complexity index is 1250. The maximum atomic E-state index is 13.7. The molecule has 1 aromatic heterocycles. The van der Waals surface area contributed by atoms with Crippen molar-refractivity contribution in [2.45, 2.75) is 37.7 Å². The molecule has 2 atom stereocenters. The Morgan fingerprint density at radius 3 is 2.31 bits per heavy atom. The molecule has 3 saturated heterocycles. The number of thiazole rings is 1. The van der Waals surface area contributed by atoms with Crippen molar-refractivity contribution in [1.82, 2.24) is 14.8 Å². The standard InChI is InChI=1S/C29H31N3O3S/c1-20-25(36-26(30-20)22-10-6-3-7-11-22)28(34)32-15-12-23(24(18-32)21-8-4-2-5-9-21)27(33)31-16-13-29(14-17-31)19-35-29/h2-11,23-24H,12-19H2,1H3/t23-,24+/m1/s1. The lowest BCUT2D eigenvalue weighted by atomic mass is 9.79. The smallest absolute Gasteiger partial charge is 0.265 e. The summed E-state index contributed by atoms with van der Waals surface area (Å²) in [6, 6.07) is 20.2. The Morgan fingerprint density at radius 2 is 1.64 bits per heavy atom. The van der Waals surface area contributed by atoms with E-state index < -0.39 is 0 Å². The average Bonchev–Trinajstić information content (AvgIpc) is 3.57. The summed E-state index contributed by atoms with van der Waals surface area (Å²) in [7, 11) is 0. The summed E-state index contributed by atoms with van der Waals surface area (Å²) in [5, 5.41) is 0.864. The van der Waals surface area contributed by atoms with E-state index in [9.17, 15) is 9.59 Å². The Labute approximate surface area is 215 Å². The molecule has 0 unspecified atom stereocenters. The molecule has 0 radical (unpaired) electrons.